The number of H-pyrrole nitrogens is 1. The maximum absolute atomic E-state index is 12.6. The van der Waals surface area contributed by atoms with Crippen LogP contribution in [0.3, 0.4) is 0 Å². The van der Waals surface area contributed by atoms with Crippen LogP contribution >= 0.6 is 0 Å². The predicted molar refractivity (Wildman–Crippen MR) is 110 cm³/mol. The number of ether oxygens (including phenoxy) is 1. The molecule has 28 heavy (non-hydrogen) atoms. The molecule has 0 saturated heterocycles. The Balaban J connectivity index is 1.47. The fourth-order valence-electron chi connectivity index (χ4n) is 3.45. The van der Waals surface area contributed by atoms with E-state index in [-0.39, 0.29) is 5.56 Å². The number of rotatable bonds is 6. The highest BCUT2D eigenvalue weighted by molar-refractivity contribution is 5.54. The van der Waals surface area contributed by atoms with E-state index < -0.39 is 0 Å². The van der Waals surface area contributed by atoms with Gasteiger partial charge in [0.15, 0.2) is 0 Å². The topological polar surface area (TPSA) is 70.2 Å². The van der Waals surface area contributed by atoms with Crippen LogP contribution in [0.2, 0.25) is 0 Å². The molecule has 1 aromatic heterocycles. The van der Waals surface area contributed by atoms with E-state index in [0.717, 1.165) is 42.2 Å². The molecule has 2 aromatic carbocycles. The molecule has 0 unspecified atom stereocenters. The van der Waals surface area contributed by atoms with E-state index in [1.807, 2.05) is 49.4 Å². The third kappa shape index (κ3) is 4.23. The first-order valence-corrected chi connectivity index (χ1v) is 9.59. The van der Waals surface area contributed by atoms with Gasteiger partial charge in [0, 0.05) is 31.7 Å². The molecule has 4 rings (SSSR count). The van der Waals surface area contributed by atoms with Crippen molar-refractivity contribution in [2.24, 2.45) is 0 Å². The molecule has 6 nitrogen and oxygen atoms in total. The van der Waals surface area contributed by atoms with Crippen molar-refractivity contribution >= 4 is 11.6 Å². The van der Waals surface area contributed by atoms with Crippen LogP contribution in [0.4, 0.5) is 11.6 Å². The van der Waals surface area contributed by atoms with Crippen molar-refractivity contribution in [1.82, 2.24) is 14.9 Å². The summed E-state index contributed by atoms with van der Waals surface area (Å²) >= 11 is 0. The Labute approximate surface area is 164 Å². The van der Waals surface area contributed by atoms with Gasteiger partial charge in [-0.3, -0.25) is 14.7 Å². The monoisotopic (exact) mass is 376 g/mol. The minimum absolute atomic E-state index is 0.0730. The van der Waals surface area contributed by atoms with E-state index in [1.54, 1.807) is 0 Å². The lowest BCUT2D eigenvalue weighted by Crippen LogP contribution is -2.35. The molecule has 0 aliphatic carbocycles. The standard InChI is InChI=1S/C22H24N4O2/c1-2-28-18-10-8-17(9-11-18)23-22-24-20-12-13-26(15-19(20)21(27)25-22)14-16-6-4-3-5-7-16/h3-11H,2,12-15H2,1H3,(H2,23,24,25,27). The molecule has 0 radical (unpaired) electrons. The summed E-state index contributed by atoms with van der Waals surface area (Å²) in [7, 11) is 0. The van der Waals surface area contributed by atoms with Crippen LogP contribution in [-0.2, 0) is 19.5 Å². The van der Waals surface area contributed by atoms with Gasteiger partial charge >= 0.3 is 0 Å². The van der Waals surface area contributed by atoms with Crippen molar-refractivity contribution in [3.05, 3.63) is 81.8 Å². The molecule has 0 spiro atoms. The Kier molecular flexibility index (Phi) is 5.39. The Morgan fingerprint density at radius 3 is 2.68 bits per heavy atom. The van der Waals surface area contributed by atoms with Gasteiger partial charge in [-0.15, -0.1) is 0 Å². The van der Waals surface area contributed by atoms with Crippen LogP contribution in [0.25, 0.3) is 0 Å². The normalized spacial score (nSPS) is 13.8. The van der Waals surface area contributed by atoms with E-state index in [9.17, 15) is 4.79 Å². The number of aromatic nitrogens is 2. The van der Waals surface area contributed by atoms with Crippen LogP contribution in [0.5, 0.6) is 5.75 Å². The van der Waals surface area contributed by atoms with Gasteiger partial charge in [-0.25, -0.2) is 4.98 Å². The molecule has 3 aromatic rings. The third-order valence-corrected chi connectivity index (χ3v) is 4.82. The summed E-state index contributed by atoms with van der Waals surface area (Å²) in [4.78, 5) is 22.4. The summed E-state index contributed by atoms with van der Waals surface area (Å²) in [5.74, 6) is 1.29. The van der Waals surface area contributed by atoms with E-state index in [1.165, 1.54) is 5.56 Å². The van der Waals surface area contributed by atoms with Gasteiger partial charge in [0.2, 0.25) is 5.95 Å². The van der Waals surface area contributed by atoms with E-state index >= 15 is 0 Å². The molecule has 0 fully saturated rings. The van der Waals surface area contributed by atoms with E-state index in [2.05, 4.69) is 32.3 Å². The van der Waals surface area contributed by atoms with E-state index in [4.69, 9.17) is 4.74 Å². The fourth-order valence-corrected chi connectivity index (χ4v) is 3.45. The lowest BCUT2D eigenvalue weighted by molar-refractivity contribution is 0.242. The summed E-state index contributed by atoms with van der Waals surface area (Å²) in [6.45, 7) is 4.94. The maximum Gasteiger partial charge on any atom is 0.257 e. The van der Waals surface area contributed by atoms with E-state index in [0.29, 0.717) is 19.1 Å². The first kappa shape index (κ1) is 18.3. The van der Waals surface area contributed by atoms with Gasteiger partial charge in [-0.1, -0.05) is 30.3 Å². The summed E-state index contributed by atoms with van der Waals surface area (Å²) < 4.78 is 5.45. The predicted octanol–water partition coefficient (Wildman–Crippen LogP) is 3.47. The largest absolute Gasteiger partial charge is 0.494 e. The van der Waals surface area contributed by atoms with Crippen LogP contribution in [0.1, 0.15) is 23.7 Å². The molecule has 0 amide bonds. The van der Waals surface area contributed by atoms with Gasteiger partial charge < -0.3 is 10.1 Å². The summed E-state index contributed by atoms with van der Waals surface area (Å²) in [6, 6.07) is 17.9. The first-order valence-electron chi connectivity index (χ1n) is 9.59. The van der Waals surface area contributed by atoms with Crippen molar-refractivity contribution in [1.29, 1.82) is 0 Å². The zero-order valence-corrected chi connectivity index (χ0v) is 15.9. The lowest BCUT2D eigenvalue weighted by Gasteiger charge is -2.27. The van der Waals surface area contributed by atoms with Crippen molar-refractivity contribution in [3.63, 3.8) is 0 Å². The van der Waals surface area contributed by atoms with Crippen molar-refractivity contribution < 1.29 is 4.74 Å². The zero-order valence-electron chi connectivity index (χ0n) is 15.9. The molecule has 1 aliphatic rings. The number of anilines is 2. The number of benzene rings is 2. The molecule has 2 heterocycles. The van der Waals surface area contributed by atoms with Crippen molar-refractivity contribution in [2.75, 3.05) is 18.5 Å². The number of nitrogens with one attached hydrogen (secondary N) is 2. The second-order valence-corrected chi connectivity index (χ2v) is 6.87. The maximum atomic E-state index is 12.6. The Morgan fingerprint density at radius 1 is 1.14 bits per heavy atom. The molecule has 0 saturated carbocycles. The number of hydrogen-bond donors (Lipinski definition) is 2. The number of fused-ring (bicyclic) bond motifs is 1. The molecule has 144 valence electrons. The SMILES string of the molecule is CCOc1ccc(Nc2nc3c(c(=O)[nH]2)CN(Cc2ccccc2)CC3)cc1. The highest BCUT2D eigenvalue weighted by Crippen LogP contribution is 2.20. The Bertz CT molecular complexity index is 984. The zero-order chi connectivity index (χ0) is 19.3. The van der Waals surface area contributed by atoms with Crippen LogP contribution in [-0.4, -0.2) is 28.0 Å². The van der Waals surface area contributed by atoms with Gasteiger partial charge in [0.05, 0.1) is 17.9 Å². The minimum atomic E-state index is -0.0730. The fraction of sp³-hybridized carbons (Fsp3) is 0.273. The molecule has 0 atom stereocenters. The average molecular weight is 376 g/mol. The summed E-state index contributed by atoms with van der Waals surface area (Å²) in [5, 5.41) is 3.18. The second kappa shape index (κ2) is 8.27. The number of hydrogen-bond acceptors (Lipinski definition) is 5. The third-order valence-electron chi connectivity index (χ3n) is 4.82. The highest BCUT2D eigenvalue weighted by atomic mass is 16.5. The first-order chi connectivity index (χ1) is 13.7. The molecule has 1 aliphatic heterocycles. The highest BCUT2D eigenvalue weighted by Gasteiger charge is 2.21. The van der Waals surface area contributed by atoms with Gasteiger partial charge in [-0.2, -0.15) is 0 Å². The smallest absolute Gasteiger partial charge is 0.257 e. The van der Waals surface area contributed by atoms with Crippen LogP contribution in [0, 0.1) is 0 Å². The van der Waals surface area contributed by atoms with Gasteiger partial charge in [-0.05, 0) is 36.8 Å². The van der Waals surface area contributed by atoms with Crippen molar-refractivity contribution in [2.45, 2.75) is 26.4 Å². The molecular weight excluding hydrogens is 352 g/mol. The van der Waals surface area contributed by atoms with Crippen LogP contribution in [0.15, 0.2) is 59.4 Å². The van der Waals surface area contributed by atoms with Crippen molar-refractivity contribution in [3.8, 4) is 5.75 Å². The van der Waals surface area contributed by atoms with Gasteiger partial charge in [0.1, 0.15) is 5.75 Å². The Hall–Kier alpha value is -3.12. The lowest BCUT2D eigenvalue weighted by atomic mass is 10.1. The van der Waals surface area contributed by atoms with Crippen LogP contribution < -0.4 is 15.6 Å². The average Bonchev–Trinajstić information content (AvgIpc) is 2.71. The molecule has 6 heteroatoms. The molecule has 0 bridgehead atoms. The number of aromatic amines is 1. The minimum Gasteiger partial charge on any atom is -0.494 e. The number of nitrogens with zero attached hydrogens (tertiary/aromatic N) is 2. The molecular formula is C22H24N4O2. The van der Waals surface area contributed by atoms with Gasteiger partial charge in [0.25, 0.3) is 5.56 Å². The molecule has 2 N–H and O–H groups in total. The summed E-state index contributed by atoms with van der Waals surface area (Å²) in [5.41, 5.74) is 3.68. The summed E-state index contributed by atoms with van der Waals surface area (Å²) in [6.07, 6.45) is 0.768. The Morgan fingerprint density at radius 2 is 1.93 bits per heavy atom. The quantitative estimate of drug-likeness (QED) is 0.689. The second-order valence-electron chi connectivity index (χ2n) is 6.87.